The zero-order chi connectivity index (χ0) is 18.7. The van der Waals surface area contributed by atoms with Gasteiger partial charge in [-0.25, -0.2) is 0 Å². The molecule has 0 aromatic carbocycles. The Hall–Kier alpha value is 0.0569. The first-order valence-corrected chi connectivity index (χ1v) is 13.8. The highest BCUT2D eigenvalue weighted by atomic mass is 28.4. The van der Waals surface area contributed by atoms with Gasteiger partial charge in [0.2, 0.25) is 0 Å². The first-order chi connectivity index (χ1) is 13.3. The highest BCUT2D eigenvalue weighted by molar-refractivity contribution is 6.61. The van der Waals surface area contributed by atoms with Crippen molar-refractivity contribution >= 4 is 8.88 Å². The molecule has 4 nitrogen and oxygen atoms in total. The molecule has 4 atom stereocenters. The molecule has 0 N–H and O–H groups in total. The van der Waals surface area contributed by atoms with Crippen LogP contribution in [-0.4, -0.2) is 57.4 Å². The van der Waals surface area contributed by atoms with Gasteiger partial charge in [0, 0.05) is 13.2 Å². The fourth-order valence-corrected chi connectivity index (χ4v) is 10.4. The van der Waals surface area contributed by atoms with Gasteiger partial charge >= 0.3 is 8.88 Å². The number of hydrogen-bond acceptors (Lipinski definition) is 4. The van der Waals surface area contributed by atoms with Crippen LogP contribution >= 0.6 is 0 Å². The van der Waals surface area contributed by atoms with Gasteiger partial charge in [-0.2, -0.15) is 0 Å². The van der Waals surface area contributed by atoms with E-state index >= 15 is 0 Å². The van der Waals surface area contributed by atoms with Gasteiger partial charge in [-0.3, -0.25) is 9.13 Å². The lowest BCUT2D eigenvalue weighted by molar-refractivity contribution is 0.00444. The van der Waals surface area contributed by atoms with Crippen LogP contribution < -0.4 is 0 Å². The van der Waals surface area contributed by atoms with E-state index in [4.69, 9.17) is 8.85 Å². The summed E-state index contributed by atoms with van der Waals surface area (Å²) in [6, 6.07) is 0. The fraction of sp³-hybridized carbons (Fsp3) is 1.00. The summed E-state index contributed by atoms with van der Waals surface area (Å²) in [5, 5.41) is 0. The third-order valence-corrected chi connectivity index (χ3v) is 11.8. The summed E-state index contributed by atoms with van der Waals surface area (Å²) in [5.74, 6) is 3.70. The van der Waals surface area contributed by atoms with Crippen molar-refractivity contribution in [3.05, 3.63) is 0 Å². The van der Waals surface area contributed by atoms with Crippen LogP contribution in [0.3, 0.4) is 0 Å². The zero-order valence-corrected chi connectivity index (χ0v) is 18.8. The Labute approximate surface area is 168 Å². The van der Waals surface area contributed by atoms with E-state index in [2.05, 4.69) is 23.0 Å². The van der Waals surface area contributed by atoms with Crippen molar-refractivity contribution < 1.29 is 8.85 Å². The minimum absolute atomic E-state index is 0.779. The second-order valence-electron chi connectivity index (χ2n) is 9.49. The number of nitrogens with zero attached hydrogens (tertiary/aromatic N) is 2. The topological polar surface area (TPSA) is 24.9 Å². The van der Waals surface area contributed by atoms with Crippen molar-refractivity contribution in [2.45, 2.75) is 78.1 Å². The highest BCUT2D eigenvalue weighted by Gasteiger charge is 2.55. The fourth-order valence-electron chi connectivity index (χ4n) is 6.70. The second-order valence-corrected chi connectivity index (χ2v) is 12.4. The van der Waals surface area contributed by atoms with E-state index in [9.17, 15) is 0 Å². The molecular weight excluding hydrogens is 352 g/mol. The van der Waals surface area contributed by atoms with Gasteiger partial charge in [0.05, 0.1) is 0 Å². The normalized spacial score (nSPS) is 36.2. The third-order valence-electron chi connectivity index (χ3n) is 8.05. The van der Waals surface area contributed by atoms with Crippen LogP contribution in [0.25, 0.3) is 0 Å². The molecule has 2 aliphatic heterocycles. The molecule has 0 bridgehead atoms. The third kappa shape index (κ3) is 4.18. The molecule has 2 saturated carbocycles. The predicted octanol–water partition coefficient (Wildman–Crippen LogP) is 4.52. The molecule has 0 aromatic heterocycles. The number of hydrogen-bond donors (Lipinski definition) is 0. The Bertz CT molecular complexity index is 435. The van der Waals surface area contributed by atoms with Crippen LogP contribution in [0.2, 0.25) is 0 Å². The van der Waals surface area contributed by atoms with Gasteiger partial charge in [-0.05, 0) is 89.4 Å². The lowest BCUT2D eigenvalue weighted by atomic mass is 9.76. The molecule has 0 radical (unpaired) electrons. The number of fused-ring (bicyclic) bond motifs is 2. The SMILES string of the molecule is CCO[Si](OCC)(N1CCC2CCCCC2C1)N1CCC2CCCCC2C1. The molecule has 5 heteroatoms. The molecule has 4 aliphatic rings. The average molecular weight is 395 g/mol. The maximum atomic E-state index is 6.68. The molecule has 4 fully saturated rings. The molecular formula is C22H42N2O2Si. The largest absolute Gasteiger partial charge is 0.522 e. The summed E-state index contributed by atoms with van der Waals surface area (Å²) >= 11 is 0. The van der Waals surface area contributed by atoms with Crippen molar-refractivity contribution in [1.29, 1.82) is 0 Å². The van der Waals surface area contributed by atoms with E-state index in [1.54, 1.807) is 0 Å². The van der Waals surface area contributed by atoms with Crippen LogP contribution in [0, 0.1) is 23.7 Å². The molecule has 2 aliphatic carbocycles. The summed E-state index contributed by atoms with van der Waals surface area (Å²) < 4.78 is 18.8. The smallest absolute Gasteiger partial charge is 0.371 e. The second kappa shape index (κ2) is 9.25. The summed E-state index contributed by atoms with van der Waals surface area (Å²) in [6.07, 6.45) is 14.3. The van der Waals surface area contributed by atoms with Gasteiger partial charge < -0.3 is 8.85 Å². The summed E-state index contributed by atoms with van der Waals surface area (Å²) in [6.45, 7) is 10.7. The van der Waals surface area contributed by atoms with E-state index in [-0.39, 0.29) is 0 Å². The summed E-state index contributed by atoms with van der Waals surface area (Å²) in [5.41, 5.74) is 0. The number of rotatable bonds is 6. The van der Waals surface area contributed by atoms with Crippen LogP contribution in [-0.2, 0) is 8.85 Å². The van der Waals surface area contributed by atoms with Gasteiger partial charge in [0.15, 0.2) is 0 Å². The van der Waals surface area contributed by atoms with Crippen LogP contribution in [0.4, 0.5) is 0 Å². The van der Waals surface area contributed by atoms with Crippen LogP contribution in [0.5, 0.6) is 0 Å². The first kappa shape index (κ1) is 20.3. The minimum Gasteiger partial charge on any atom is -0.371 e. The Morgan fingerprint density at radius 1 is 0.630 bits per heavy atom. The van der Waals surface area contributed by atoms with Crippen LogP contribution in [0.15, 0.2) is 0 Å². The van der Waals surface area contributed by atoms with Crippen molar-refractivity contribution in [2.75, 3.05) is 39.4 Å². The van der Waals surface area contributed by atoms with E-state index in [1.807, 2.05) is 0 Å². The Morgan fingerprint density at radius 2 is 1.04 bits per heavy atom. The zero-order valence-electron chi connectivity index (χ0n) is 17.8. The average Bonchev–Trinajstić information content (AvgIpc) is 2.73. The molecule has 156 valence electrons. The van der Waals surface area contributed by atoms with Crippen molar-refractivity contribution in [3.63, 3.8) is 0 Å². The molecule has 2 heterocycles. The predicted molar refractivity (Wildman–Crippen MR) is 112 cm³/mol. The molecule has 0 amide bonds. The molecule has 4 rings (SSSR count). The highest BCUT2D eigenvalue weighted by Crippen LogP contribution is 2.41. The van der Waals surface area contributed by atoms with Gasteiger partial charge in [0.1, 0.15) is 0 Å². The lowest BCUT2D eigenvalue weighted by Gasteiger charge is -2.53. The summed E-state index contributed by atoms with van der Waals surface area (Å²) in [7, 11) is -2.48. The van der Waals surface area contributed by atoms with Gasteiger partial charge in [-0.1, -0.05) is 38.5 Å². The molecule has 0 spiro atoms. The maximum absolute atomic E-state index is 6.68. The van der Waals surface area contributed by atoms with Crippen molar-refractivity contribution in [2.24, 2.45) is 23.7 Å². The Balaban J connectivity index is 1.53. The lowest BCUT2D eigenvalue weighted by Crippen LogP contribution is -2.73. The Kier molecular flexibility index (Phi) is 6.97. The van der Waals surface area contributed by atoms with E-state index in [0.29, 0.717) is 0 Å². The first-order valence-electron chi connectivity index (χ1n) is 12.0. The van der Waals surface area contributed by atoms with Crippen molar-refractivity contribution in [1.82, 2.24) is 9.13 Å². The van der Waals surface area contributed by atoms with Gasteiger partial charge in [-0.15, -0.1) is 0 Å². The van der Waals surface area contributed by atoms with Crippen molar-refractivity contribution in [3.8, 4) is 0 Å². The molecule has 2 saturated heterocycles. The summed E-state index contributed by atoms with van der Waals surface area (Å²) in [4.78, 5) is 0. The quantitative estimate of drug-likeness (QED) is 0.618. The van der Waals surface area contributed by atoms with E-state index < -0.39 is 8.88 Å². The van der Waals surface area contributed by atoms with Gasteiger partial charge in [0.25, 0.3) is 0 Å². The van der Waals surface area contributed by atoms with Crippen LogP contribution in [0.1, 0.15) is 78.1 Å². The molecule has 27 heavy (non-hydrogen) atoms. The molecule has 4 unspecified atom stereocenters. The Morgan fingerprint density at radius 3 is 1.44 bits per heavy atom. The van der Waals surface area contributed by atoms with E-state index in [1.165, 1.54) is 90.4 Å². The standard InChI is InChI=1S/C22H42N2O2Si/c1-3-25-27(26-4-2,23-15-13-19-9-5-7-11-21(19)17-23)24-16-14-20-10-6-8-12-22(20)18-24/h19-22H,3-18H2,1-2H3. The van der Waals surface area contributed by atoms with E-state index in [0.717, 1.165) is 36.9 Å². The molecule has 0 aromatic rings. The monoisotopic (exact) mass is 394 g/mol. The minimum atomic E-state index is -2.48. The maximum Gasteiger partial charge on any atom is 0.522 e. The number of piperidine rings is 2.